The zero-order chi connectivity index (χ0) is 13.1. The SMILES string of the molecule is Cc1cc2ccccc2c[n+]1CCC1CCCCC1. The lowest BCUT2D eigenvalue weighted by molar-refractivity contribution is -0.702. The number of aryl methyl sites for hydroxylation is 2. The molecule has 1 aromatic carbocycles. The van der Waals surface area contributed by atoms with E-state index in [4.69, 9.17) is 0 Å². The van der Waals surface area contributed by atoms with E-state index in [-0.39, 0.29) is 0 Å². The maximum atomic E-state index is 2.44. The molecule has 0 spiro atoms. The fourth-order valence-electron chi connectivity index (χ4n) is 3.38. The molecule has 0 atom stereocenters. The highest BCUT2D eigenvalue weighted by Crippen LogP contribution is 2.26. The first-order chi connectivity index (χ1) is 9.33. The van der Waals surface area contributed by atoms with Crippen LogP contribution in [-0.2, 0) is 6.54 Å². The van der Waals surface area contributed by atoms with Crippen LogP contribution in [0.4, 0.5) is 0 Å². The van der Waals surface area contributed by atoms with Gasteiger partial charge in [-0.15, -0.1) is 0 Å². The summed E-state index contributed by atoms with van der Waals surface area (Å²) in [5.74, 6) is 0.965. The summed E-state index contributed by atoms with van der Waals surface area (Å²) in [6.07, 6.45) is 10.9. The third-order valence-electron chi connectivity index (χ3n) is 4.61. The molecule has 3 rings (SSSR count). The van der Waals surface area contributed by atoms with Gasteiger partial charge in [0.1, 0.15) is 6.54 Å². The molecule has 19 heavy (non-hydrogen) atoms. The third kappa shape index (κ3) is 2.97. The lowest BCUT2D eigenvalue weighted by atomic mass is 9.87. The molecule has 0 aliphatic heterocycles. The number of nitrogens with zero attached hydrogens (tertiary/aromatic N) is 1. The normalized spacial score (nSPS) is 16.9. The number of hydrogen-bond donors (Lipinski definition) is 0. The van der Waals surface area contributed by atoms with Crippen molar-refractivity contribution in [3.8, 4) is 0 Å². The Kier molecular flexibility index (Phi) is 3.82. The van der Waals surface area contributed by atoms with Crippen molar-refractivity contribution in [2.45, 2.75) is 52.0 Å². The van der Waals surface area contributed by atoms with Crippen molar-refractivity contribution >= 4 is 10.8 Å². The van der Waals surface area contributed by atoms with Crippen LogP contribution in [-0.4, -0.2) is 0 Å². The summed E-state index contributed by atoms with van der Waals surface area (Å²) in [4.78, 5) is 0. The van der Waals surface area contributed by atoms with Crippen molar-refractivity contribution in [1.82, 2.24) is 0 Å². The number of rotatable bonds is 3. The second kappa shape index (κ2) is 5.73. The van der Waals surface area contributed by atoms with E-state index in [0.29, 0.717) is 0 Å². The van der Waals surface area contributed by atoms with Gasteiger partial charge in [-0.3, -0.25) is 0 Å². The summed E-state index contributed by atoms with van der Waals surface area (Å²) in [6.45, 7) is 3.41. The van der Waals surface area contributed by atoms with E-state index in [0.717, 1.165) is 5.92 Å². The van der Waals surface area contributed by atoms with Crippen LogP contribution in [0.15, 0.2) is 36.5 Å². The molecule has 0 saturated heterocycles. The molecule has 1 aliphatic carbocycles. The number of benzene rings is 1. The first-order valence-corrected chi connectivity index (χ1v) is 7.72. The smallest absolute Gasteiger partial charge is 0.178 e. The van der Waals surface area contributed by atoms with Gasteiger partial charge in [0.25, 0.3) is 0 Å². The number of fused-ring (bicyclic) bond motifs is 1. The van der Waals surface area contributed by atoms with Gasteiger partial charge < -0.3 is 0 Å². The van der Waals surface area contributed by atoms with Crippen molar-refractivity contribution < 1.29 is 4.57 Å². The van der Waals surface area contributed by atoms with Gasteiger partial charge in [-0.1, -0.05) is 50.3 Å². The molecule has 100 valence electrons. The minimum Gasteiger partial charge on any atom is -0.202 e. The Balaban J connectivity index is 1.74. The minimum absolute atomic E-state index is 0.965. The van der Waals surface area contributed by atoms with Crippen LogP contribution in [0.25, 0.3) is 10.8 Å². The van der Waals surface area contributed by atoms with E-state index in [1.807, 2.05) is 0 Å². The van der Waals surface area contributed by atoms with Gasteiger partial charge in [-0.2, -0.15) is 0 Å². The first kappa shape index (κ1) is 12.7. The van der Waals surface area contributed by atoms with Crippen LogP contribution < -0.4 is 4.57 Å². The Hall–Kier alpha value is -1.37. The lowest BCUT2D eigenvalue weighted by Gasteiger charge is -2.20. The van der Waals surface area contributed by atoms with Crippen LogP contribution in [0, 0.1) is 12.8 Å². The van der Waals surface area contributed by atoms with E-state index in [1.54, 1.807) is 0 Å². The van der Waals surface area contributed by atoms with Crippen molar-refractivity contribution in [3.63, 3.8) is 0 Å². The Morgan fingerprint density at radius 2 is 1.79 bits per heavy atom. The van der Waals surface area contributed by atoms with E-state index < -0.39 is 0 Å². The van der Waals surface area contributed by atoms with Crippen molar-refractivity contribution in [2.24, 2.45) is 5.92 Å². The largest absolute Gasteiger partial charge is 0.202 e. The zero-order valence-electron chi connectivity index (χ0n) is 11.9. The maximum Gasteiger partial charge on any atom is 0.178 e. The Bertz CT molecular complexity index is 553. The molecule has 1 aliphatic rings. The van der Waals surface area contributed by atoms with Crippen molar-refractivity contribution in [2.75, 3.05) is 0 Å². The summed E-state index contributed by atoms with van der Waals surface area (Å²) in [7, 11) is 0. The lowest BCUT2D eigenvalue weighted by Crippen LogP contribution is -2.37. The Labute approximate surface area is 116 Å². The van der Waals surface area contributed by atoms with Crippen LogP contribution in [0.2, 0.25) is 0 Å². The average Bonchev–Trinajstić information content (AvgIpc) is 2.46. The molecule has 1 nitrogen and oxygen atoms in total. The molecule has 1 saturated carbocycles. The van der Waals surface area contributed by atoms with E-state index >= 15 is 0 Å². The van der Waals surface area contributed by atoms with Gasteiger partial charge >= 0.3 is 0 Å². The highest BCUT2D eigenvalue weighted by Gasteiger charge is 2.16. The molecule has 0 N–H and O–H groups in total. The quantitative estimate of drug-likeness (QED) is 0.714. The number of aromatic nitrogens is 1. The monoisotopic (exact) mass is 254 g/mol. The maximum absolute atomic E-state index is 2.44. The molecule has 1 heteroatoms. The van der Waals surface area contributed by atoms with E-state index in [1.165, 1.54) is 61.5 Å². The topological polar surface area (TPSA) is 3.88 Å². The highest BCUT2D eigenvalue weighted by molar-refractivity contribution is 5.80. The number of pyridine rings is 1. The third-order valence-corrected chi connectivity index (χ3v) is 4.61. The molecular weight excluding hydrogens is 230 g/mol. The highest BCUT2D eigenvalue weighted by atomic mass is 14.9. The molecule has 1 fully saturated rings. The summed E-state index contributed by atoms with van der Waals surface area (Å²) >= 11 is 0. The second-order valence-electron chi connectivity index (χ2n) is 6.03. The molecule has 0 unspecified atom stereocenters. The molecule has 1 heterocycles. The fourth-order valence-corrected chi connectivity index (χ4v) is 3.38. The molecule has 1 aromatic heterocycles. The second-order valence-corrected chi connectivity index (χ2v) is 6.03. The van der Waals surface area contributed by atoms with Gasteiger partial charge in [0, 0.05) is 24.8 Å². The van der Waals surface area contributed by atoms with Gasteiger partial charge in [0.05, 0.1) is 0 Å². The number of hydrogen-bond acceptors (Lipinski definition) is 0. The van der Waals surface area contributed by atoms with Gasteiger partial charge in [0.15, 0.2) is 11.9 Å². The molecule has 0 amide bonds. The van der Waals surface area contributed by atoms with Crippen molar-refractivity contribution in [3.05, 3.63) is 42.2 Å². The molecule has 0 radical (unpaired) electrons. The first-order valence-electron chi connectivity index (χ1n) is 7.72. The van der Waals surface area contributed by atoms with Crippen molar-refractivity contribution in [1.29, 1.82) is 0 Å². The average molecular weight is 254 g/mol. The van der Waals surface area contributed by atoms with Gasteiger partial charge in [0.2, 0.25) is 0 Å². The van der Waals surface area contributed by atoms with Crippen LogP contribution in [0.3, 0.4) is 0 Å². The summed E-state index contributed by atoms with van der Waals surface area (Å²) < 4.78 is 2.44. The zero-order valence-corrected chi connectivity index (χ0v) is 11.9. The summed E-state index contributed by atoms with van der Waals surface area (Å²) in [5, 5.41) is 2.71. The van der Waals surface area contributed by atoms with E-state index in [2.05, 4.69) is 48.0 Å². The predicted molar refractivity (Wildman–Crippen MR) is 80.1 cm³/mol. The fraction of sp³-hybridized carbons (Fsp3) is 0.500. The van der Waals surface area contributed by atoms with Crippen LogP contribution in [0.5, 0.6) is 0 Å². The molecule has 2 aromatic rings. The predicted octanol–water partition coefficient (Wildman–Crippen LogP) is 4.41. The van der Waals surface area contributed by atoms with Crippen LogP contribution >= 0.6 is 0 Å². The van der Waals surface area contributed by atoms with E-state index in [9.17, 15) is 0 Å². The Morgan fingerprint density at radius 1 is 1.05 bits per heavy atom. The molecular formula is C18H24N+. The minimum atomic E-state index is 0.965. The van der Waals surface area contributed by atoms with Gasteiger partial charge in [-0.25, -0.2) is 4.57 Å². The van der Waals surface area contributed by atoms with Gasteiger partial charge in [-0.05, 0) is 17.4 Å². The molecule has 0 bridgehead atoms. The van der Waals surface area contributed by atoms with Crippen LogP contribution in [0.1, 0.15) is 44.2 Å². The summed E-state index contributed by atoms with van der Waals surface area (Å²) in [5.41, 5.74) is 1.38. The Morgan fingerprint density at radius 3 is 2.58 bits per heavy atom. The summed E-state index contributed by atoms with van der Waals surface area (Å²) in [6, 6.07) is 11.0. The standard InChI is InChI=1S/C18H24N/c1-15-13-17-9-5-6-10-18(17)14-19(15)12-11-16-7-3-2-4-8-16/h5-6,9-10,13-14,16H,2-4,7-8,11-12H2,1H3/q+1.